The number of fused-ring (bicyclic) bond motifs is 5. The smallest absolute Gasteiger partial charge is 0.234 e. The van der Waals surface area contributed by atoms with Crippen molar-refractivity contribution in [2.75, 3.05) is 19.6 Å². The molecule has 1 atom stereocenters. The highest BCUT2D eigenvalue weighted by Crippen LogP contribution is 2.40. The van der Waals surface area contributed by atoms with E-state index in [2.05, 4.69) is 95.1 Å². The lowest BCUT2D eigenvalue weighted by atomic mass is 9.77. The van der Waals surface area contributed by atoms with Crippen LogP contribution >= 0.6 is 0 Å². The number of aromatic amines is 2. The minimum absolute atomic E-state index is 0.216. The Morgan fingerprint density at radius 3 is 2.51 bits per heavy atom. The first-order valence-corrected chi connectivity index (χ1v) is 16.6. The van der Waals surface area contributed by atoms with Gasteiger partial charge in [0.25, 0.3) is 0 Å². The normalized spacial score (nSPS) is 19.1. The summed E-state index contributed by atoms with van der Waals surface area (Å²) in [5.74, 6) is 1.09. The topological polar surface area (TPSA) is 103 Å². The van der Waals surface area contributed by atoms with Gasteiger partial charge in [0.15, 0.2) is 5.65 Å². The molecule has 3 fully saturated rings. The van der Waals surface area contributed by atoms with Crippen LogP contribution in [0.4, 0.5) is 0 Å². The van der Waals surface area contributed by atoms with E-state index < -0.39 is 5.41 Å². The van der Waals surface area contributed by atoms with Gasteiger partial charge in [-0.3, -0.25) is 9.78 Å². The number of aromatic nitrogens is 5. The van der Waals surface area contributed by atoms with E-state index in [1.807, 2.05) is 12.4 Å². The number of aryl methyl sites for hydroxylation is 2. The number of nitrogens with zero attached hydrogens (tertiary/aromatic N) is 4. The van der Waals surface area contributed by atoms with Gasteiger partial charge in [0.05, 0.1) is 40.4 Å². The number of carbonyl (C=O) groups excluding carboxylic acids is 1. The summed E-state index contributed by atoms with van der Waals surface area (Å²) in [7, 11) is 0. The molecular weight excluding hydrogens is 558 g/mol. The molecule has 8 nitrogen and oxygen atoms in total. The third-order valence-electron chi connectivity index (χ3n) is 10.2. The molecule has 0 radical (unpaired) electrons. The van der Waals surface area contributed by atoms with Gasteiger partial charge in [0.2, 0.25) is 5.91 Å². The zero-order valence-corrected chi connectivity index (χ0v) is 27.2. The van der Waals surface area contributed by atoms with E-state index in [1.165, 1.54) is 40.7 Å². The van der Waals surface area contributed by atoms with Gasteiger partial charge in [0.1, 0.15) is 0 Å². The number of imidazole rings is 1. The van der Waals surface area contributed by atoms with Crippen molar-refractivity contribution in [2.24, 2.45) is 5.92 Å². The van der Waals surface area contributed by atoms with E-state index in [1.54, 1.807) is 6.33 Å². The Kier molecular flexibility index (Phi) is 7.72. The molecule has 1 aromatic carbocycles. The summed E-state index contributed by atoms with van der Waals surface area (Å²) in [5.41, 5.74) is 10.1. The maximum absolute atomic E-state index is 14.1. The first kappa shape index (κ1) is 29.7. The van der Waals surface area contributed by atoms with Crippen LogP contribution < -0.4 is 5.32 Å². The molecule has 3 aliphatic rings. The highest BCUT2D eigenvalue weighted by molar-refractivity contribution is 5.93. The monoisotopic (exact) mass is 603 g/mol. The van der Waals surface area contributed by atoms with Crippen molar-refractivity contribution in [1.29, 1.82) is 0 Å². The largest absolute Gasteiger partial charge is 0.353 e. The van der Waals surface area contributed by atoms with Crippen molar-refractivity contribution in [2.45, 2.75) is 84.1 Å². The second-order valence-electron chi connectivity index (χ2n) is 14.1. The maximum atomic E-state index is 14.1. The lowest BCUT2D eigenvalue weighted by Gasteiger charge is -2.47. The summed E-state index contributed by atoms with van der Waals surface area (Å²) < 4.78 is 0. The lowest BCUT2D eigenvalue weighted by molar-refractivity contribution is -0.144. The van der Waals surface area contributed by atoms with Crippen LogP contribution in [0.2, 0.25) is 0 Å². The zero-order chi connectivity index (χ0) is 31.3. The Bertz CT molecular complexity index is 1840. The molecule has 6 heterocycles. The molecule has 1 aliphatic carbocycles. The molecule has 8 rings (SSSR count). The van der Waals surface area contributed by atoms with E-state index in [4.69, 9.17) is 4.98 Å². The predicted molar refractivity (Wildman–Crippen MR) is 180 cm³/mol. The molecule has 2 bridgehead atoms. The third kappa shape index (κ3) is 5.65. The van der Waals surface area contributed by atoms with E-state index in [9.17, 15) is 4.79 Å². The number of amides is 1. The van der Waals surface area contributed by atoms with Crippen molar-refractivity contribution < 1.29 is 4.79 Å². The number of hydrogen-bond acceptors (Lipinski definition) is 5. The number of hydrogen-bond donors (Lipinski definition) is 3. The fraction of sp³-hybridized carbons (Fsp3) is 0.459. The maximum Gasteiger partial charge on any atom is 0.234 e. The molecule has 2 aliphatic heterocycles. The fourth-order valence-corrected chi connectivity index (χ4v) is 7.76. The van der Waals surface area contributed by atoms with Crippen LogP contribution in [0.15, 0.2) is 49.1 Å². The number of benzene rings is 1. The van der Waals surface area contributed by atoms with E-state index in [0.29, 0.717) is 12.0 Å². The van der Waals surface area contributed by atoms with Crippen LogP contribution in [0, 0.1) is 19.8 Å². The number of H-pyrrole nitrogens is 2. The second-order valence-corrected chi connectivity index (χ2v) is 14.1. The molecule has 3 N–H and O–H groups in total. The molecule has 1 amide bonds. The van der Waals surface area contributed by atoms with Gasteiger partial charge < -0.3 is 20.2 Å². The van der Waals surface area contributed by atoms with Crippen LogP contribution in [0.3, 0.4) is 0 Å². The number of carbonyl (C=O) groups is 1. The van der Waals surface area contributed by atoms with Gasteiger partial charge in [0, 0.05) is 30.7 Å². The van der Waals surface area contributed by atoms with Crippen molar-refractivity contribution >= 4 is 28.0 Å². The quantitative estimate of drug-likeness (QED) is 0.162. The number of rotatable bonds is 9. The van der Waals surface area contributed by atoms with Crippen LogP contribution in [0.25, 0.3) is 33.3 Å². The molecule has 0 spiro atoms. The number of nitrogens with one attached hydrogen (secondary N) is 3. The summed E-state index contributed by atoms with van der Waals surface area (Å²) in [6.45, 7) is 13.3. The summed E-state index contributed by atoms with van der Waals surface area (Å²) in [6, 6.07) is 11.4. The Balaban J connectivity index is 1.18. The number of piperidine rings is 2. The Labute approximate surface area is 265 Å². The van der Waals surface area contributed by atoms with Gasteiger partial charge in [-0.2, -0.15) is 0 Å². The first-order chi connectivity index (χ1) is 21.7. The van der Waals surface area contributed by atoms with E-state index in [-0.39, 0.29) is 11.8 Å². The number of pyridine rings is 2. The van der Waals surface area contributed by atoms with Crippen molar-refractivity contribution in [3.8, 4) is 11.3 Å². The minimum Gasteiger partial charge on any atom is -0.353 e. The van der Waals surface area contributed by atoms with Crippen LogP contribution in [0.1, 0.15) is 80.3 Å². The van der Waals surface area contributed by atoms with Gasteiger partial charge in [-0.05, 0) is 119 Å². The van der Waals surface area contributed by atoms with Crippen molar-refractivity contribution in [1.82, 2.24) is 35.1 Å². The fourth-order valence-electron chi connectivity index (χ4n) is 7.76. The molecule has 5 aromatic rings. The summed E-state index contributed by atoms with van der Waals surface area (Å²) >= 11 is 0. The highest BCUT2D eigenvalue weighted by Gasteiger charge is 2.43. The summed E-state index contributed by atoms with van der Waals surface area (Å²) in [6.07, 6.45) is 11.2. The zero-order valence-electron chi connectivity index (χ0n) is 27.2. The second kappa shape index (κ2) is 11.7. The van der Waals surface area contributed by atoms with Crippen LogP contribution in [-0.2, 0) is 16.6 Å². The van der Waals surface area contributed by atoms with Gasteiger partial charge >= 0.3 is 0 Å². The third-order valence-corrected chi connectivity index (χ3v) is 10.2. The Morgan fingerprint density at radius 1 is 1.00 bits per heavy atom. The Morgan fingerprint density at radius 2 is 1.78 bits per heavy atom. The lowest BCUT2D eigenvalue weighted by Crippen LogP contribution is -2.55. The molecule has 2 saturated heterocycles. The average Bonchev–Trinajstić information content (AvgIpc) is 3.67. The Hall–Kier alpha value is -4.04. The van der Waals surface area contributed by atoms with Crippen molar-refractivity contribution in [3.63, 3.8) is 0 Å². The van der Waals surface area contributed by atoms with E-state index >= 15 is 0 Å². The predicted octanol–water partition coefficient (Wildman–Crippen LogP) is 6.73. The van der Waals surface area contributed by atoms with Crippen LogP contribution in [0.5, 0.6) is 0 Å². The first-order valence-electron chi connectivity index (χ1n) is 16.6. The molecule has 45 heavy (non-hydrogen) atoms. The molecule has 8 heteroatoms. The van der Waals surface area contributed by atoms with Crippen molar-refractivity contribution in [3.05, 3.63) is 77.0 Å². The molecular formula is C37H45N7O. The van der Waals surface area contributed by atoms with Gasteiger partial charge in [-0.15, -0.1) is 0 Å². The standard InChI is InChI=1S/C37H45N7O/c1-22-12-23(2)14-27(13-22)34-33(24(3)17-38-11-10-26-15-30-35(40-18-26)42-21-41-30)29-16-32(39-19-31(29)43-34)37(4,5)36(45)44-20-25-6-8-28(44)9-7-25/h12-16,18-19,21,24-25,28,38,43H,6-11,17,20H2,1-5H3,(H,40,41,42). The van der Waals surface area contributed by atoms with Gasteiger partial charge in [-0.1, -0.05) is 24.1 Å². The molecule has 1 unspecified atom stereocenters. The summed E-state index contributed by atoms with van der Waals surface area (Å²) in [4.78, 5) is 36.8. The minimum atomic E-state index is -0.703. The molecule has 234 valence electrons. The van der Waals surface area contributed by atoms with Gasteiger partial charge in [-0.25, -0.2) is 9.97 Å². The average molecular weight is 604 g/mol. The van der Waals surface area contributed by atoms with E-state index in [0.717, 1.165) is 72.4 Å². The SMILES string of the molecule is Cc1cc(C)cc(-c2[nH]c3cnc(C(C)(C)C(=O)N4CC5CCC4CC5)cc3c2C(C)CNCCc2cnc3nc[nH]c3c2)c1. The van der Waals surface area contributed by atoms with Crippen LogP contribution in [-0.4, -0.2) is 61.4 Å². The molecule has 4 aromatic heterocycles. The molecule has 1 saturated carbocycles. The highest BCUT2D eigenvalue weighted by atomic mass is 16.2. The summed E-state index contributed by atoms with van der Waals surface area (Å²) in [5, 5.41) is 4.86.